The van der Waals surface area contributed by atoms with Crippen molar-refractivity contribution in [3.8, 4) is 0 Å². The Morgan fingerprint density at radius 1 is 1.46 bits per heavy atom. The van der Waals surface area contributed by atoms with Crippen LogP contribution in [0.1, 0.15) is 13.8 Å². The van der Waals surface area contributed by atoms with Crippen LogP contribution in [-0.2, 0) is 0 Å². The number of aliphatic hydroxyl groups is 1. The fourth-order valence-electron chi connectivity index (χ4n) is 0.769. The molecule has 1 heterocycles. The van der Waals surface area contributed by atoms with Crippen molar-refractivity contribution < 1.29 is 5.11 Å². The van der Waals surface area contributed by atoms with Gasteiger partial charge in [-0.2, -0.15) is 0 Å². The topological polar surface area (TPSA) is 58.0 Å². The first-order valence-corrected chi connectivity index (χ1v) is 4.29. The number of rotatable bonds is 3. The SMILES string of the molecule is CC(C)(CO)Nc1ccc(Cl)nn1. The van der Waals surface area contributed by atoms with Crippen molar-refractivity contribution in [2.24, 2.45) is 0 Å². The van der Waals surface area contributed by atoms with Gasteiger partial charge in [-0.15, -0.1) is 10.2 Å². The van der Waals surface area contributed by atoms with Gasteiger partial charge >= 0.3 is 0 Å². The molecule has 1 aromatic rings. The molecule has 0 bridgehead atoms. The van der Waals surface area contributed by atoms with Crippen molar-refractivity contribution in [3.05, 3.63) is 17.3 Å². The summed E-state index contributed by atoms with van der Waals surface area (Å²) >= 11 is 5.57. The third kappa shape index (κ3) is 3.16. The second-order valence-corrected chi connectivity index (χ2v) is 3.80. The van der Waals surface area contributed by atoms with Crippen LogP contribution in [0.25, 0.3) is 0 Å². The van der Waals surface area contributed by atoms with Crippen molar-refractivity contribution in [1.82, 2.24) is 10.2 Å². The summed E-state index contributed by atoms with van der Waals surface area (Å²) in [7, 11) is 0. The molecule has 0 saturated carbocycles. The average Bonchev–Trinajstić information content (AvgIpc) is 2.09. The van der Waals surface area contributed by atoms with E-state index < -0.39 is 5.54 Å². The van der Waals surface area contributed by atoms with Crippen molar-refractivity contribution in [2.45, 2.75) is 19.4 Å². The summed E-state index contributed by atoms with van der Waals surface area (Å²) in [6, 6.07) is 3.36. The molecule has 0 aliphatic heterocycles. The normalized spacial score (nSPS) is 11.4. The van der Waals surface area contributed by atoms with Gasteiger partial charge in [0.1, 0.15) is 5.82 Å². The molecule has 13 heavy (non-hydrogen) atoms. The number of anilines is 1. The van der Waals surface area contributed by atoms with Gasteiger partial charge in [-0.1, -0.05) is 11.6 Å². The van der Waals surface area contributed by atoms with Gasteiger partial charge in [0.2, 0.25) is 0 Å². The molecule has 0 fully saturated rings. The van der Waals surface area contributed by atoms with E-state index >= 15 is 0 Å². The van der Waals surface area contributed by atoms with Gasteiger partial charge < -0.3 is 10.4 Å². The van der Waals surface area contributed by atoms with Crippen LogP contribution < -0.4 is 5.32 Å². The summed E-state index contributed by atoms with van der Waals surface area (Å²) in [5.74, 6) is 0.600. The first kappa shape index (κ1) is 10.2. The molecule has 1 aromatic heterocycles. The Labute approximate surface area is 81.9 Å². The zero-order valence-corrected chi connectivity index (χ0v) is 8.34. The molecule has 0 amide bonds. The Hall–Kier alpha value is -0.870. The average molecular weight is 202 g/mol. The zero-order chi connectivity index (χ0) is 9.90. The molecule has 0 saturated heterocycles. The Morgan fingerprint density at radius 2 is 2.15 bits per heavy atom. The van der Waals surface area contributed by atoms with Gasteiger partial charge in [0.25, 0.3) is 0 Å². The van der Waals surface area contributed by atoms with Crippen LogP contribution in [0.2, 0.25) is 5.15 Å². The van der Waals surface area contributed by atoms with E-state index in [0.29, 0.717) is 11.0 Å². The van der Waals surface area contributed by atoms with Crippen LogP contribution in [0.3, 0.4) is 0 Å². The van der Waals surface area contributed by atoms with E-state index in [9.17, 15) is 0 Å². The minimum absolute atomic E-state index is 0.0251. The quantitative estimate of drug-likeness (QED) is 0.775. The number of aromatic nitrogens is 2. The lowest BCUT2D eigenvalue weighted by Gasteiger charge is -2.23. The molecule has 2 N–H and O–H groups in total. The second kappa shape index (κ2) is 3.89. The van der Waals surface area contributed by atoms with Crippen LogP contribution in [0.15, 0.2) is 12.1 Å². The maximum absolute atomic E-state index is 8.97. The zero-order valence-electron chi connectivity index (χ0n) is 7.58. The third-order valence-corrected chi connectivity index (χ3v) is 1.70. The first-order chi connectivity index (χ1) is 6.03. The highest BCUT2D eigenvalue weighted by Gasteiger charge is 2.16. The highest BCUT2D eigenvalue weighted by Crippen LogP contribution is 2.12. The number of hydrogen-bond donors (Lipinski definition) is 2. The lowest BCUT2D eigenvalue weighted by atomic mass is 10.1. The maximum Gasteiger partial charge on any atom is 0.151 e. The van der Waals surface area contributed by atoms with E-state index in [2.05, 4.69) is 15.5 Å². The highest BCUT2D eigenvalue weighted by atomic mass is 35.5. The predicted molar refractivity (Wildman–Crippen MR) is 51.8 cm³/mol. The summed E-state index contributed by atoms with van der Waals surface area (Å²) in [5, 5.41) is 19.8. The van der Waals surface area contributed by atoms with E-state index in [1.54, 1.807) is 12.1 Å². The number of aliphatic hydroxyl groups excluding tert-OH is 1. The van der Waals surface area contributed by atoms with E-state index in [-0.39, 0.29) is 6.61 Å². The van der Waals surface area contributed by atoms with Crippen LogP contribution in [0, 0.1) is 0 Å². The second-order valence-electron chi connectivity index (χ2n) is 3.41. The van der Waals surface area contributed by atoms with Crippen LogP contribution >= 0.6 is 11.6 Å². The van der Waals surface area contributed by atoms with Crippen LogP contribution in [0.5, 0.6) is 0 Å². The van der Waals surface area contributed by atoms with Crippen molar-refractivity contribution in [3.63, 3.8) is 0 Å². The predicted octanol–water partition coefficient (Wildman–Crippen LogP) is 1.31. The fraction of sp³-hybridized carbons (Fsp3) is 0.500. The molecule has 0 atom stereocenters. The standard InChI is InChI=1S/C8H12ClN3O/c1-8(2,5-13)10-7-4-3-6(9)11-12-7/h3-4,13H,5H2,1-2H3,(H,10,12). The molecule has 0 unspecified atom stereocenters. The molecule has 0 radical (unpaired) electrons. The summed E-state index contributed by atoms with van der Waals surface area (Å²) in [4.78, 5) is 0. The minimum Gasteiger partial charge on any atom is -0.394 e. The van der Waals surface area contributed by atoms with E-state index in [0.717, 1.165) is 0 Å². The summed E-state index contributed by atoms with van der Waals surface area (Å²) in [5.41, 5.74) is -0.400. The minimum atomic E-state index is -0.400. The van der Waals surface area contributed by atoms with E-state index in [1.807, 2.05) is 13.8 Å². The molecule has 1 rings (SSSR count). The number of halogens is 1. The van der Waals surface area contributed by atoms with Crippen molar-refractivity contribution >= 4 is 17.4 Å². The first-order valence-electron chi connectivity index (χ1n) is 3.92. The lowest BCUT2D eigenvalue weighted by Crippen LogP contribution is -2.35. The number of hydrogen-bond acceptors (Lipinski definition) is 4. The van der Waals surface area contributed by atoms with E-state index in [4.69, 9.17) is 16.7 Å². The molecule has 0 spiro atoms. The third-order valence-electron chi connectivity index (χ3n) is 1.49. The summed E-state index contributed by atoms with van der Waals surface area (Å²) in [6.07, 6.45) is 0. The highest BCUT2D eigenvalue weighted by molar-refractivity contribution is 6.29. The fourth-order valence-corrected chi connectivity index (χ4v) is 0.870. The Bertz CT molecular complexity index is 273. The largest absolute Gasteiger partial charge is 0.394 e. The van der Waals surface area contributed by atoms with Gasteiger partial charge in [0.15, 0.2) is 5.15 Å². The lowest BCUT2D eigenvalue weighted by molar-refractivity contribution is 0.234. The molecule has 0 aliphatic carbocycles. The van der Waals surface area contributed by atoms with E-state index in [1.165, 1.54) is 0 Å². The smallest absolute Gasteiger partial charge is 0.151 e. The molecule has 4 nitrogen and oxygen atoms in total. The maximum atomic E-state index is 8.97. The number of nitrogens with zero attached hydrogens (tertiary/aromatic N) is 2. The van der Waals surface area contributed by atoms with Crippen molar-refractivity contribution in [1.29, 1.82) is 0 Å². The van der Waals surface area contributed by atoms with Gasteiger partial charge in [-0.3, -0.25) is 0 Å². The molecular weight excluding hydrogens is 190 g/mol. The van der Waals surface area contributed by atoms with Crippen LogP contribution in [-0.4, -0.2) is 27.4 Å². The Morgan fingerprint density at radius 3 is 2.62 bits per heavy atom. The van der Waals surface area contributed by atoms with Crippen molar-refractivity contribution in [2.75, 3.05) is 11.9 Å². The molecular formula is C8H12ClN3O. The molecule has 0 aliphatic rings. The van der Waals surface area contributed by atoms with Gasteiger partial charge in [-0.25, -0.2) is 0 Å². The molecule has 5 heteroatoms. The van der Waals surface area contributed by atoms with Crippen LogP contribution in [0.4, 0.5) is 5.82 Å². The molecule has 0 aromatic carbocycles. The van der Waals surface area contributed by atoms with Gasteiger partial charge in [-0.05, 0) is 26.0 Å². The van der Waals surface area contributed by atoms with Gasteiger partial charge in [0, 0.05) is 0 Å². The Balaban J connectivity index is 2.69. The summed E-state index contributed by atoms with van der Waals surface area (Å²) in [6.45, 7) is 3.75. The number of nitrogens with one attached hydrogen (secondary N) is 1. The van der Waals surface area contributed by atoms with Gasteiger partial charge in [0.05, 0.1) is 12.1 Å². The molecule has 72 valence electrons. The monoisotopic (exact) mass is 201 g/mol. The summed E-state index contributed by atoms with van der Waals surface area (Å²) < 4.78 is 0. The Kier molecular flexibility index (Phi) is 3.06.